The third-order valence-corrected chi connectivity index (χ3v) is 3.07. The number of allylic oxidation sites excluding steroid dienone is 1. The van der Waals surface area contributed by atoms with E-state index in [4.69, 9.17) is 0 Å². The van der Waals surface area contributed by atoms with Crippen LogP contribution in [0.1, 0.15) is 5.56 Å². The van der Waals surface area contributed by atoms with Gasteiger partial charge in [0.15, 0.2) is 0 Å². The van der Waals surface area contributed by atoms with E-state index >= 15 is 0 Å². The van der Waals surface area contributed by atoms with Crippen LogP contribution < -0.4 is 5.32 Å². The second-order valence-electron chi connectivity index (χ2n) is 4.35. The Morgan fingerprint density at radius 2 is 1.94 bits per heavy atom. The van der Waals surface area contributed by atoms with Crippen molar-refractivity contribution in [3.8, 4) is 5.75 Å². The zero-order valence-electron chi connectivity index (χ0n) is 10.1. The van der Waals surface area contributed by atoms with Crippen LogP contribution in [0.25, 0.3) is 0 Å². The molecule has 17 heavy (non-hydrogen) atoms. The number of phenolic OH excluding ortho intramolecular Hbond substituents is 1. The predicted octanol–water partition coefficient (Wildman–Crippen LogP) is 1.40. The summed E-state index contributed by atoms with van der Waals surface area (Å²) >= 11 is 0. The summed E-state index contributed by atoms with van der Waals surface area (Å²) in [4.78, 5) is 2.43. The Balaban J connectivity index is 1.76. The summed E-state index contributed by atoms with van der Waals surface area (Å²) in [5.74, 6) is 0.388. The molecule has 2 rings (SSSR count). The van der Waals surface area contributed by atoms with E-state index in [9.17, 15) is 5.11 Å². The van der Waals surface area contributed by atoms with Crippen LogP contribution in [0.4, 0.5) is 0 Å². The maximum atomic E-state index is 9.61. The van der Waals surface area contributed by atoms with Gasteiger partial charge in [0, 0.05) is 32.7 Å². The van der Waals surface area contributed by atoms with Crippen molar-refractivity contribution in [1.29, 1.82) is 0 Å². The standard InChI is InChI=1S/C14H20N2O/c17-14-7-2-1-5-13(14)6-3-4-10-16-11-8-15-9-12-16/h1-5,7,15,17H,6,8-12H2/b4-3-. The van der Waals surface area contributed by atoms with Crippen LogP contribution in [0.2, 0.25) is 0 Å². The lowest BCUT2D eigenvalue weighted by atomic mass is 10.1. The number of benzene rings is 1. The van der Waals surface area contributed by atoms with E-state index in [2.05, 4.69) is 22.4 Å². The number of hydrogen-bond donors (Lipinski definition) is 2. The van der Waals surface area contributed by atoms with Gasteiger partial charge in [0.2, 0.25) is 0 Å². The van der Waals surface area contributed by atoms with Gasteiger partial charge in [0.25, 0.3) is 0 Å². The Hall–Kier alpha value is -1.32. The van der Waals surface area contributed by atoms with Gasteiger partial charge in [-0.2, -0.15) is 0 Å². The molecule has 0 radical (unpaired) electrons. The van der Waals surface area contributed by atoms with Gasteiger partial charge in [-0.05, 0) is 18.1 Å². The van der Waals surface area contributed by atoms with Gasteiger partial charge >= 0.3 is 0 Å². The average molecular weight is 232 g/mol. The van der Waals surface area contributed by atoms with Crippen molar-refractivity contribution < 1.29 is 5.11 Å². The summed E-state index contributed by atoms with van der Waals surface area (Å²) < 4.78 is 0. The van der Waals surface area contributed by atoms with E-state index in [0.717, 1.165) is 44.7 Å². The van der Waals surface area contributed by atoms with Crippen molar-refractivity contribution in [1.82, 2.24) is 10.2 Å². The first kappa shape index (κ1) is 12.1. The third kappa shape index (κ3) is 3.88. The van der Waals surface area contributed by atoms with Crippen LogP contribution in [-0.2, 0) is 6.42 Å². The smallest absolute Gasteiger partial charge is 0.119 e. The second-order valence-corrected chi connectivity index (χ2v) is 4.35. The van der Waals surface area contributed by atoms with Gasteiger partial charge in [-0.15, -0.1) is 0 Å². The minimum absolute atomic E-state index is 0.388. The molecule has 2 N–H and O–H groups in total. The van der Waals surface area contributed by atoms with Crippen LogP contribution in [0.15, 0.2) is 36.4 Å². The highest BCUT2D eigenvalue weighted by Crippen LogP contribution is 2.16. The molecule has 1 saturated heterocycles. The fourth-order valence-corrected chi connectivity index (χ4v) is 2.01. The number of nitrogens with zero attached hydrogens (tertiary/aromatic N) is 1. The quantitative estimate of drug-likeness (QED) is 0.770. The number of rotatable bonds is 4. The van der Waals surface area contributed by atoms with Crippen molar-refractivity contribution in [2.45, 2.75) is 6.42 Å². The van der Waals surface area contributed by atoms with Crippen molar-refractivity contribution in [3.63, 3.8) is 0 Å². The van der Waals surface area contributed by atoms with Gasteiger partial charge in [-0.1, -0.05) is 30.4 Å². The molecule has 0 unspecified atom stereocenters. The molecule has 0 aromatic heterocycles. The van der Waals surface area contributed by atoms with Gasteiger partial charge in [-0.3, -0.25) is 4.90 Å². The lowest BCUT2D eigenvalue weighted by molar-refractivity contribution is 0.264. The monoisotopic (exact) mass is 232 g/mol. The average Bonchev–Trinajstić information content (AvgIpc) is 2.38. The lowest BCUT2D eigenvalue weighted by Gasteiger charge is -2.25. The van der Waals surface area contributed by atoms with Gasteiger partial charge in [0.1, 0.15) is 5.75 Å². The molecule has 1 fully saturated rings. The van der Waals surface area contributed by atoms with E-state index in [1.165, 1.54) is 0 Å². The van der Waals surface area contributed by atoms with Crippen molar-refractivity contribution >= 4 is 0 Å². The van der Waals surface area contributed by atoms with E-state index in [-0.39, 0.29) is 0 Å². The summed E-state index contributed by atoms with van der Waals surface area (Å²) in [5, 5.41) is 12.9. The number of aromatic hydroxyl groups is 1. The highest BCUT2D eigenvalue weighted by Gasteiger charge is 2.06. The molecular weight excluding hydrogens is 212 g/mol. The molecule has 0 saturated carbocycles. The molecule has 1 aromatic carbocycles. The van der Waals surface area contributed by atoms with Crippen LogP contribution in [-0.4, -0.2) is 42.7 Å². The minimum atomic E-state index is 0.388. The third-order valence-electron chi connectivity index (χ3n) is 3.07. The maximum Gasteiger partial charge on any atom is 0.119 e. The van der Waals surface area contributed by atoms with Crippen molar-refractivity contribution in [3.05, 3.63) is 42.0 Å². The first-order valence-electron chi connectivity index (χ1n) is 6.21. The number of phenols is 1. The van der Waals surface area contributed by atoms with Gasteiger partial charge < -0.3 is 10.4 Å². The van der Waals surface area contributed by atoms with Crippen molar-refractivity contribution in [2.75, 3.05) is 32.7 Å². The largest absolute Gasteiger partial charge is 0.508 e. The first-order valence-corrected chi connectivity index (χ1v) is 6.21. The molecular formula is C14H20N2O. The van der Waals surface area contributed by atoms with Crippen LogP contribution in [0.3, 0.4) is 0 Å². The van der Waals surface area contributed by atoms with Gasteiger partial charge in [0.05, 0.1) is 0 Å². The Labute approximate surface area is 103 Å². The predicted molar refractivity (Wildman–Crippen MR) is 70.3 cm³/mol. The molecule has 0 bridgehead atoms. The number of hydrogen-bond acceptors (Lipinski definition) is 3. The topological polar surface area (TPSA) is 35.5 Å². The summed E-state index contributed by atoms with van der Waals surface area (Å²) in [6.45, 7) is 5.44. The Morgan fingerprint density at radius 1 is 1.18 bits per heavy atom. The molecule has 1 aliphatic rings. The molecule has 92 valence electrons. The fourth-order valence-electron chi connectivity index (χ4n) is 2.01. The first-order chi connectivity index (χ1) is 8.36. The maximum absolute atomic E-state index is 9.61. The molecule has 3 heteroatoms. The lowest BCUT2D eigenvalue weighted by Crippen LogP contribution is -2.43. The van der Waals surface area contributed by atoms with E-state index in [1.54, 1.807) is 6.07 Å². The zero-order chi connectivity index (χ0) is 11.9. The van der Waals surface area contributed by atoms with E-state index < -0.39 is 0 Å². The minimum Gasteiger partial charge on any atom is -0.508 e. The molecule has 1 aliphatic heterocycles. The molecule has 1 aromatic rings. The zero-order valence-corrected chi connectivity index (χ0v) is 10.1. The van der Waals surface area contributed by atoms with E-state index in [1.807, 2.05) is 18.2 Å². The molecule has 1 heterocycles. The Bertz CT molecular complexity index is 370. The molecule has 3 nitrogen and oxygen atoms in total. The summed E-state index contributed by atoms with van der Waals surface area (Å²) in [7, 11) is 0. The molecule has 0 amide bonds. The molecule has 0 atom stereocenters. The number of nitrogens with one attached hydrogen (secondary N) is 1. The highest BCUT2D eigenvalue weighted by atomic mass is 16.3. The second kappa shape index (κ2) is 6.42. The number of para-hydroxylation sites is 1. The van der Waals surface area contributed by atoms with Gasteiger partial charge in [-0.25, -0.2) is 0 Å². The Kier molecular flexibility index (Phi) is 4.59. The highest BCUT2D eigenvalue weighted by molar-refractivity contribution is 5.33. The normalized spacial score (nSPS) is 17.6. The van der Waals surface area contributed by atoms with E-state index in [0.29, 0.717) is 5.75 Å². The Morgan fingerprint density at radius 3 is 2.71 bits per heavy atom. The summed E-state index contributed by atoms with van der Waals surface area (Å²) in [5.41, 5.74) is 0.990. The van der Waals surface area contributed by atoms with Crippen LogP contribution in [0, 0.1) is 0 Å². The summed E-state index contributed by atoms with van der Waals surface area (Å²) in [6.07, 6.45) is 5.13. The fraction of sp³-hybridized carbons (Fsp3) is 0.429. The SMILES string of the molecule is Oc1ccccc1C/C=C\CN1CCNCC1. The molecule has 0 aliphatic carbocycles. The summed E-state index contributed by atoms with van der Waals surface area (Å²) in [6, 6.07) is 7.51. The van der Waals surface area contributed by atoms with Crippen molar-refractivity contribution in [2.24, 2.45) is 0 Å². The molecule has 0 spiro atoms. The van der Waals surface area contributed by atoms with Crippen LogP contribution >= 0.6 is 0 Å². The number of piperazine rings is 1. The van der Waals surface area contributed by atoms with Crippen LogP contribution in [0.5, 0.6) is 5.75 Å².